The van der Waals surface area contributed by atoms with Gasteiger partial charge in [-0.25, -0.2) is 0 Å². The molecule has 178 valence electrons. The van der Waals surface area contributed by atoms with Crippen LogP contribution >= 0.6 is 15.9 Å². The van der Waals surface area contributed by atoms with Gasteiger partial charge in [-0.3, -0.25) is 14.3 Å². The van der Waals surface area contributed by atoms with Gasteiger partial charge in [-0.2, -0.15) is 5.10 Å². The Morgan fingerprint density at radius 3 is 2.70 bits per heavy atom. The second-order valence-electron chi connectivity index (χ2n) is 8.87. The lowest BCUT2D eigenvalue weighted by atomic mass is 9.90. The van der Waals surface area contributed by atoms with Crippen LogP contribution in [-0.2, 0) is 9.53 Å². The maximum Gasteiger partial charge on any atom is 0.272 e. The molecule has 0 bridgehead atoms. The van der Waals surface area contributed by atoms with E-state index in [1.54, 1.807) is 16.9 Å². The van der Waals surface area contributed by atoms with Crippen LogP contribution in [-0.4, -0.2) is 76.9 Å². The van der Waals surface area contributed by atoms with E-state index < -0.39 is 0 Å². The Bertz CT molecular complexity index is 973. The molecule has 0 aliphatic carbocycles. The van der Waals surface area contributed by atoms with E-state index in [1.807, 2.05) is 47.9 Å². The first-order chi connectivity index (χ1) is 15.9. The average molecular weight is 519 g/mol. The Morgan fingerprint density at radius 1 is 1.18 bits per heavy atom. The van der Waals surface area contributed by atoms with Crippen molar-refractivity contribution < 1.29 is 19.1 Å². The molecule has 0 radical (unpaired) electrons. The number of morpholine rings is 1. The summed E-state index contributed by atoms with van der Waals surface area (Å²) in [4.78, 5) is 30.1. The molecule has 2 aromatic rings. The van der Waals surface area contributed by atoms with Gasteiger partial charge in [0, 0.05) is 61.6 Å². The summed E-state index contributed by atoms with van der Waals surface area (Å²) in [5, 5.41) is 4.31. The minimum atomic E-state index is -0.150. The summed E-state index contributed by atoms with van der Waals surface area (Å²) in [6.07, 6.45) is 2.51. The van der Waals surface area contributed by atoms with Crippen molar-refractivity contribution in [1.29, 1.82) is 0 Å². The maximum absolute atomic E-state index is 13.3. The van der Waals surface area contributed by atoms with Gasteiger partial charge in [-0.05, 0) is 38.1 Å². The minimum absolute atomic E-state index is 0.0501. The number of amides is 2. The molecule has 0 saturated carbocycles. The number of halogens is 1. The van der Waals surface area contributed by atoms with Gasteiger partial charge in [-0.1, -0.05) is 22.0 Å². The van der Waals surface area contributed by atoms with Crippen molar-refractivity contribution in [2.45, 2.75) is 38.8 Å². The van der Waals surface area contributed by atoms with Gasteiger partial charge in [0.2, 0.25) is 5.91 Å². The van der Waals surface area contributed by atoms with Crippen molar-refractivity contribution in [2.75, 3.05) is 39.4 Å². The Balaban J connectivity index is 1.51. The van der Waals surface area contributed by atoms with Gasteiger partial charge in [0.05, 0.1) is 13.2 Å². The Kier molecular flexibility index (Phi) is 7.70. The topological polar surface area (TPSA) is 76.9 Å². The molecule has 2 fully saturated rings. The highest BCUT2D eigenvalue weighted by atomic mass is 79.9. The van der Waals surface area contributed by atoms with Crippen molar-refractivity contribution in [2.24, 2.45) is 5.92 Å². The Morgan fingerprint density at radius 2 is 1.97 bits per heavy atom. The number of benzene rings is 1. The summed E-state index contributed by atoms with van der Waals surface area (Å²) in [7, 11) is 0. The zero-order valence-electron chi connectivity index (χ0n) is 19.2. The SMILES string of the molecule is CC(C)n1nccc1C(=O)N1CC[C@H](Oc2cccc(Br)c2)[C@@H](CC(=O)N2CCOCC2)C1. The van der Waals surface area contributed by atoms with Crippen LogP contribution in [0.1, 0.15) is 43.2 Å². The molecule has 1 aromatic carbocycles. The van der Waals surface area contributed by atoms with Crippen LogP contribution in [0.2, 0.25) is 0 Å². The number of hydrogen-bond donors (Lipinski definition) is 0. The second kappa shape index (κ2) is 10.7. The standard InChI is InChI=1S/C24H31BrN4O4/c1-17(2)29-21(6-8-26-29)24(31)28-9-7-22(33-20-5-3-4-19(25)15-20)18(16-28)14-23(30)27-10-12-32-13-11-27/h3-6,8,15,17-18,22H,7,9-14,16H2,1-2H3/t18-,22-/m0/s1. The lowest BCUT2D eigenvalue weighted by Gasteiger charge is -2.39. The van der Waals surface area contributed by atoms with Crippen molar-refractivity contribution in [3.8, 4) is 5.75 Å². The van der Waals surface area contributed by atoms with E-state index in [1.165, 1.54) is 0 Å². The minimum Gasteiger partial charge on any atom is -0.490 e. The van der Waals surface area contributed by atoms with E-state index in [4.69, 9.17) is 9.47 Å². The normalized spacial score (nSPS) is 21.3. The first-order valence-corrected chi connectivity index (χ1v) is 12.3. The van der Waals surface area contributed by atoms with E-state index in [0.29, 0.717) is 57.9 Å². The molecule has 2 aliphatic rings. The van der Waals surface area contributed by atoms with Gasteiger partial charge >= 0.3 is 0 Å². The number of rotatable bonds is 6. The van der Waals surface area contributed by atoms with E-state index in [9.17, 15) is 9.59 Å². The molecule has 8 nitrogen and oxygen atoms in total. The molecule has 2 saturated heterocycles. The van der Waals surface area contributed by atoms with Crippen molar-refractivity contribution in [1.82, 2.24) is 19.6 Å². The molecule has 1 aromatic heterocycles. The van der Waals surface area contributed by atoms with Crippen LogP contribution in [0.4, 0.5) is 0 Å². The maximum atomic E-state index is 13.3. The first-order valence-electron chi connectivity index (χ1n) is 11.5. The smallest absolute Gasteiger partial charge is 0.272 e. The molecule has 9 heteroatoms. The third-order valence-electron chi connectivity index (χ3n) is 6.21. The van der Waals surface area contributed by atoms with Crippen LogP contribution in [0.5, 0.6) is 5.75 Å². The zero-order valence-corrected chi connectivity index (χ0v) is 20.7. The van der Waals surface area contributed by atoms with E-state index in [-0.39, 0.29) is 29.9 Å². The van der Waals surface area contributed by atoms with Gasteiger partial charge in [0.1, 0.15) is 17.5 Å². The number of likely N-dealkylation sites (tertiary alicyclic amines) is 1. The third-order valence-corrected chi connectivity index (χ3v) is 6.71. The molecule has 0 spiro atoms. The third kappa shape index (κ3) is 5.76. The summed E-state index contributed by atoms with van der Waals surface area (Å²) in [6, 6.07) is 9.59. The monoisotopic (exact) mass is 518 g/mol. The Labute approximate surface area is 202 Å². The number of nitrogens with zero attached hydrogens (tertiary/aromatic N) is 4. The fourth-order valence-corrected chi connectivity index (χ4v) is 4.86. The highest BCUT2D eigenvalue weighted by molar-refractivity contribution is 9.10. The molecule has 2 aliphatic heterocycles. The molecule has 2 amide bonds. The summed E-state index contributed by atoms with van der Waals surface area (Å²) in [5.41, 5.74) is 0.578. The van der Waals surface area contributed by atoms with Crippen molar-refractivity contribution in [3.63, 3.8) is 0 Å². The van der Waals surface area contributed by atoms with Crippen LogP contribution in [0.25, 0.3) is 0 Å². The van der Waals surface area contributed by atoms with Gasteiger partial charge in [0.15, 0.2) is 0 Å². The molecular weight excluding hydrogens is 488 g/mol. The van der Waals surface area contributed by atoms with Crippen LogP contribution in [0.15, 0.2) is 41.0 Å². The average Bonchev–Trinajstić information content (AvgIpc) is 3.31. The van der Waals surface area contributed by atoms with Gasteiger partial charge in [0.25, 0.3) is 5.91 Å². The van der Waals surface area contributed by atoms with Crippen LogP contribution < -0.4 is 4.74 Å². The predicted octanol–water partition coefficient (Wildman–Crippen LogP) is 3.39. The number of ether oxygens (including phenoxy) is 2. The molecule has 2 atom stereocenters. The van der Waals surface area contributed by atoms with Crippen LogP contribution in [0, 0.1) is 5.92 Å². The Hall–Kier alpha value is -2.39. The lowest BCUT2D eigenvalue weighted by Crippen LogP contribution is -2.50. The van der Waals surface area contributed by atoms with Gasteiger partial charge < -0.3 is 19.3 Å². The van der Waals surface area contributed by atoms with Crippen LogP contribution in [0.3, 0.4) is 0 Å². The zero-order chi connectivity index (χ0) is 23.4. The molecule has 0 N–H and O–H groups in total. The fourth-order valence-electron chi connectivity index (χ4n) is 4.48. The number of piperidine rings is 1. The van der Waals surface area contributed by atoms with E-state index in [2.05, 4.69) is 21.0 Å². The number of carbonyl (C=O) groups is 2. The molecule has 33 heavy (non-hydrogen) atoms. The molecule has 4 rings (SSSR count). The first kappa shape index (κ1) is 23.8. The molecular formula is C24H31BrN4O4. The lowest BCUT2D eigenvalue weighted by molar-refractivity contribution is -0.137. The summed E-state index contributed by atoms with van der Waals surface area (Å²) in [5.74, 6) is 0.696. The summed E-state index contributed by atoms with van der Waals surface area (Å²) in [6.45, 7) is 7.41. The van der Waals surface area contributed by atoms with Gasteiger partial charge in [-0.15, -0.1) is 0 Å². The predicted molar refractivity (Wildman–Crippen MR) is 127 cm³/mol. The summed E-state index contributed by atoms with van der Waals surface area (Å²) < 4.78 is 14.4. The van der Waals surface area contributed by atoms with Crippen molar-refractivity contribution >= 4 is 27.7 Å². The van der Waals surface area contributed by atoms with Crippen molar-refractivity contribution in [3.05, 3.63) is 46.7 Å². The quantitative estimate of drug-likeness (QED) is 0.585. The molecule has 0 unspecified atom stereocenters. The molecule has 3 heterocycles. The largest absolute Gasteiger partial charge is 0.490 e. The fraction of sp³-hybridized carbons (Fsp3) is 0.542. The number of aromatic nitrogens is 2. The highest BCUT2D eigenvalue weighted by Crippen LogP contribution is 2.29. The van der Waals surface area contributed by atoms with E-state index >= 15 is 0 Å². The number of carbonyl (C=O) groups excluding carboxylic acids is 2. The number of hydrogen-bond acceptors (Lipinski definition) is 5. The second-order valence-corrected chi connectivity index (χ2v) is 9.78. The van der Waals surface area contributed by atoms with E-state index in [0.717, 1.165) is 10.2 Å². The summed E-state index contributed by atoms with van der Waals surface area (Å²) >= 11 is 3.49. The highest BCUT2D eigenvalue weighted by Gasteiger charge is 2.36.